The van der Waals surface area contributed by atoms with E-state index in [4.69, 9.17) is 19.3 Å². The van der Waals surface area contributed by atoms with Gasteiger partial charge in [-0.25, -0.2) is 0 Å². The van der Waals surface area contributed by atoms with Crippen LogP contribution in [0.5, 0.6) is 11.5 Å². The molecule has 7 heteroatoms. The molecule has 0 radical (unpaired) electrons. The SMILES string of the molecule is CCOc1ccc(OCC(=O)N2CCOCC2CC(=O)O)cc1. The number of hydrogen-bond acceptors (Lipinski definition) is 5. The zero-order valence-corrected chi connectivity index (χ0v) is 13.1. The van der Waals surface area contributed by atoms with Gasteiger partial charge in [0.15, 0.2) is 6.61 Å². The Bertz CT molecular complexity index is 530. The highest BCUT2D eigenvalue weighted by atomic mass is 16.5. The molecule has 1 aromatic rings. The van der Waals surface area contributed by atoms with Crippen LogP contribution in [-0.2, 0) is 14.3 Å². The molecule has 0 saturated carbocycles. The molecule has 1 aromatic carbocycles. The van der Waals surface area contributed by atoms with E-state index < -0.39 is 12.0 Å². The van der Waals surface area contributed by atoms with E-state index in [1.165, 1.54) is 4.90 Å². The zero-order chi connectivity index (χ0) is 16.7. The predicted octanol–water partition coefficient (Wildman–Crippen LogP) is 1.17. The van der Waals surface area contributed by atoms with Gasteiger partial charge in [0.25, 0.3) is 5.91 Å². The zero-order valence-electron chi connectivity index (χ0n) is 13.1. The number of aliphatic carboxylic acids is 1. The van der Waals surface area contributed by atoms with Gasteiger partial charge in [-0.15, -0.1) is 0 Å². The molecule has 1 amide bonds. The van der Waals surface area contributed by atoms with Crippen molar-refractivity contribution >= 4 is 11.9 Å². The van der Waals surface area contributed by atoms with E-state index in [0.717, 1.165) is 5.75 Å². The maximum absolute atomic E-state index is 12.3. The largest absolute Gasteiger partial charge is 0.494 e. The van der Waals surface area contributed by atoms with E-state index in [1.807, 2.05) is 6.92 Å². The molecule has 126 valence electrons. The van der Waals surface area contributed by atoms with Crippen LogP contribution in [-0.4, -0.2) is 60.9 Å². The highest BCUT2D eigenvalue weighted by molar-refractivity contribution is 5.79. The number of morpholine rings is 1. The van der Waals surface area contributed by atoms with Gasteiger partial charge in [-0.2, -0.15) is 0 Å². The van der Waals surface area contributed by atoms with E-state index in [0.29, 0.717) is 25.5 Å². The van der Waals surface area contributed by atoms with E-state index in [-0.39, 0.29) is 25.5 Å². The van der Waals surface area contributed by atoms with Gasteiger partial charge in [0.1, 0.15) is 11.5 Å². The van der Waals surface area contributed by atoms with Gasteiger partial charge < -0.3 is 24.2 Å². The van der Waals surface area contributed by atoms with Crippen LogP contribution < -0.4 is 9.47 Å². The third-order valence-electron chi connectivity index (χ3n) is 3.46. The quantitative estimate of drug-likeness (QED) is 0.810. The lowest BCUT2D eigenvalue weighted by molar-refractivity contribution is -0.147. The molecule has 1 unspecified atom stereocenters. The summed E-state index contributed by atoms with van der Waals surface area (Å²) in [4.78, 5) is 24.6. The normalized spacial score (nSPS) is 17.6. The highest BCUT2D eigenvalue weighted by Crippen LogP contribution is 2.18. The van der Waals surface area contributed by atoms with Gasteiger partial charge in [-0.3, -0.25) is 9.59 Å². The minimum atomic E-state index is -0.953. The molecule has 1 N–H and O–H groups in total. The van der Waals surface area contributed by atoms with Crippen LogP contribution in [0.4, 0.5) is 0 Å². The fourth-order valence-corrected chi connectivity index (χ4v) is 2.38. The molecular weight excluding hydrogens is 302 g/mol. The summed E-state index contributed by atoms with van der Waals surface area (Å²) < 4.78 is 16.1. The summed E-state index contributed by atoms with van der Waals surface area (Å²) in [5, 5.41) is 8.91. The summed E-state index contributed by atoms with van der Waals surface area (Å²) >= 11 is 0. The molecule has 2 rings (SSSR count). The van der Waals surface area contributed by atoms with Gasteiger partial charge in [-0.05, 0) is 31.2 Å². The summed E-state index contributed by atoms with van der Waals surface area (Å²) in [6, 6.07) is 6.55. The maximum Gasteiger partial charge on any atom is 0.305 e. The Morgan fingerprint density at radius 2 is 1.91 bits per heavy atom. The van der Waals surface area contributed by atoms with E-state index >= 15 is 0 Å². The van der Waals surface area contributed by atoms with Crippen LogP contribution >= 0.6 is 0 Å². The Labute approximate surface area is 134 Å². The van der Waals surface area contributed by atoms with Crippen LogP contribution in [0.1, 0.15) is 13.3 Å². The summed E-state index contributed by atoms with van der Waals surface area (Å²) in [6.07, 6.45) is -0.130. The standard InChI is InChI=1S/C16H21NO6/c1-2-22-13-3-5-14(6-4-13)23-11-15(18)17-7-8-21-10-12(17)9-16(19)20/h3-6,12H,2,7-11H2,1H3,(H,19,20). The van der Waals surface area contributed by atoms with Gasteiger partial charge in [-0.1, -0.05) is 0 Å². The first-order valence-electron chi connectivity index (χ1n) is 7.54. The van der Waals surface area contributed by atoms with Crippen molar-refractivity contribution < 1.29 is 28.9 Å². The lowest BCUT2D eigenvalue weighted by Gasteiger charge is -2.34. The molecule has 1 heterocycles. The number of ether oxygens (including phenoxy) is 3. The first-order chi connectivity index (χ1) is 11.1. The summed E-state index contributed by atoms with van der Waals surface area (Å²) in [5.41, 5.74) is 0. The summed E-state index contributed by atoms with van der Waals surface area (Å²) in [5.74, 6) is 0.102. The van der Waals surface area contributed by atoms with Crippen LogP contribution in [0.25, 0.3) is 0 Å². The molecular formula is C16H21NO6. The minimum Gasteiger partial charge on any atom is -0.494 e. The number of benzene rings is 1. The third kappa shape index (κ3) is 5.14. The topological polar surface area (TPSA) is 85.3 Å². The van der Waals surface area contributed by atoms with Gasteiger partial charge in [0, 0.05) is 6.54 Å². The van der Waals surface area contributed by atoms with Crippen molar-refractivity contribution in [3.05, 3.63) is 24.3 Å². The van der Waals surface area contributed by atoms with Gasteiger partial charge in [0.2, 0.25) is 0 Å². The second kappa shape index (κ2) is 8.38. The van der Waals surface area contributed by atoms with Crippen molar-refractivity contribution in [3.8, 4) is 11.5 Å². The maximum atomic E-state index is 12.3. The Morgan fingerprint density at radius 3 is 2.52 bits per heavy atom. The fourth-order valence-electron chi connectivity index (χ4n) is 2.38. The van der Waals surface area contributed by atoms with Crippen LogP contribution in [0.15, 0.2) is 24.3 Å². The molecule has 0 aromatic heterocycles. The number of amides is 1. The van der Waals surface area contributed by atoms with Crippen molar-refractivity contribution in [2.45, 2.75) is 19.4 Å². The Kier molecular flexibility index (Phi) is 6.22. The van der Waals surface area contributed by atoms with E-state index in [2.05, 4.69) is 0 Å². The van der Waals surface area contributed by atoms with E-state index in [1.54, 1.807) is 24.3 Å². The first kappa shape index (κ1) is 17.1. The van der Waals surface area contributed by atoms with E-state index in [9.17, 15) is 9.59 Å². The number of hydrogen-bond donors (Lipinski definition) is 1. The number of nitrogens with zero attached hydrogens (tertiary/aromatic N) is 1. The van der Waals surface area contributed by atoms with Crippen molar-refractivity contribution in [1.82, 2.24) is 4.90 Å². The van der Waals surface area contributed by atoms with Crippen molar-refractivity contribution in [2.24, 2.45) is 0 Å². The molecule has 0 bridgehead atoms. The molecule has 1 saturated heterocycles. The molecule has 7 nitrogen and oxygen atoms in total. The number of rotatable bonds is 7. The summed E-state index contributed by atoms with van der Waals surface area (Å²) in [7, 11) is 0. The Morgan fingerprint density at radius 1 is 1.26 bits per heavy atom. The molecule has 1 atom stereocenters. The Hall–Kier alpha value is -2.28. The van der Waals surface area contributed by atoms with Crippen LogP contribution in [0.3, 0.4) is 0 Å². The fraction of sp³-hybridized carbons (Fsp3) is 0.500. The smallest absolute Gasteiger partial charge is 0.305 e. The molecule has 1 aliphatic rings. The average molecular weight is 323 g/mol. The second-order valence-electron chi connectivity index (χ2n) is 5.11. The second-order valence-corrected chi connectivity index (χ2v) is 5.11. The lowest BCUT2D eigenvalue weighted by atomic mass is 10.1. The van der Waals surface area contributed by atoms with Crippen LogP contribution in [0.2, 0.25) is 0 Å². The average Bonchev–Trinajstić information content (AvgIpc) is 2.54. The predicted molar refractivity (Wildman–Crippen MR) is 81.7 cm³/mol. The highest BCUT2D eigenvalue weighted by Gasteiger charge is 2.29. The van der Waals surface area contributed by atoms with Crippen molar-refractivity contribution in [3.63, 3.8) is 0 Å². The molecule has 1 fully saturated rings. The molecule has 23 heavy (non-hydrogen) atoms. The van der Waals surface area contributed by atoms with Gasteiger partial charge >= 0.3 is 5.97 Å². The summed E-state index contributed by atoms with van der Waals surface area (Å²) in [6.45, 7) is 3.37. The van der Waals surface area contributed by atoms with Gasteiger partial charge in [0.05, 0.1) is 32.3 Å². The number of carbonyl (C=O) groups is 2. The minimum absolute atomic E-state index is 0.130. The Balaban J connectivity index is 1.88. The monoisotopic (exact) mass is 323 g/mol. The number of carbonyl (C=O) groups excluding carboxylic acids is 1. The first-order valence-corrected chi connectivity index (χ1v) is 7.54. The van der Waals surface area contributed by atoms with Crippen molar-refractivity contribution in [1.29, 1.82) is 0 Å². The number of carboxylic acid groups (broad SMARTS) is 1. The molecule has 0 spiro atoms. The van der Waals surface area contributed by atoms with Crippen LogP contribution in [0, 0.1) is 0 Å². The third-order valence-corrected chi connectivity index (χ3v) is 3.46. The number of carboxylic acids is 1. The molecule has 0 aliphatic carbocycles. The molecule has 1 aliphatic heterocycles. The van der Waals surface area contributed by atoms with Crippen molar-refractivity contribution in [2.75, 3.05) is 33.0 Å². The lowest BCUT2D eigenvalue weighted by Crippen LogP contribution is -2.51.